The van der Waals surface area contributed by atoms with Gasteiger partial charge in [-0.05, 0) is 60.3 Å². The van der Waals surface area contributed by atoms with Crippen molar-refractivity contribution in [3.05, 3.63) is 0 Å². The van der Waals surface area contributed by atoms with E-state index in [9.17, 15) is 4.79 Å². The molecule has 0 amide bonds. The van der Waals surface area contributed by atoms with E-state index >= 15 is 0 Å². The quantitative estimate of drug-likeness (QED) is 0.296. The van der Waals surface area contributed by atoms with Crippen LogP contribution in [-0.2, 0) is 4.79 Å². The normalized spacial score (nSPS) is 7.00. The Labute approximate surface area is 131 Å². The number of hydrogen-bond acceptors (Lipinski definition) is 5. The first-order valence-electron chi connectivity index (χ1n) is 6.66. The number of rotatable bonds is 0. The Morgan fingerprint density at radius 2 is 1.10 bits per heavy atom. The smallest absolute Gasteiger partial charge is 0.126 e. The zero-order valence-electron chi connectivity index (χ0n) is 14.9. The SMILES string of the molecule is CC(C)=NO.CC(C)=O.CC(C)=S.CC(C)O.CCC. The molecule has 0 aromatic rings. The van der Waals surface area contributed by atoms with Crippen LogP contribution in [0, 0.1) is 0 Å². The van der Waals surface area contributed by atoms with Crippen molar-refractivity contribution >= 4 is 28.6 Å². The van der Waals surface area contributed by atoms with Crippen molar-refractivity contribution in [2.45, 2.75) is 81.8 Å². The maximum Gasteiger partial charge on any atom is 0.126 e. The van der Waals surface area contributed by atoms with Crippen molar-refractivity contribution in [1.82, 2.24) is 0 Å². The van der Waals surface area contributed by atoms with Crippen LogP contribution in [0.3, 0.4) is 0 Å². The van der Waals surface area contributed by atoms with E-state index in [1.807, 2.05) is 13.8 Å². The topological polar surface area (TPSA) is 69.9 Å². The first-order chi connectivity index (χ1) is 8.88. The lowest BCUT2D eigenvalue weighted by Gasteiger charge is -1.80. The number of ketones is 1. The lowest BCUT2D eigenvalue weighted by Crippen LogP contribution is -1.85. The minimum atomic E-state index is -0.167. The average Bonchev–Trinajstić information content (AvgIpc) is 2.15. The number of hydrogen-bond donors (Lipinski definition) is 2. The number of carbonyl (C=O) groups excluding carboxylic acids is 1. The number of aliphatic hydroxyl groups is 1. The highest BCUT2D eigenvalue weighted by Gasteiger charge is 1.69. The van der Waals surface area contributed by atoms with Gasteiger partial charge in [-0.2, -0.15) is 0 Å². The van der Waals surface area contributed by atoms with Crippen LogP contribution in [0.5, 0.6) is 0 Å². The largest absolute Gasteiger partial charge is 0.411 e. The van der Waals surface area contributed by atoms with Gasteiger partial charge in [0, 0.05) is 6.10 Å². The molecule has 0 radical (unpaired) electrons. The summed E-state index contributed by atoms with van der Waals surface area (Å²) in [6, 6.07) is 0. The molecular formula is C15H35NO3S. The molecule has 0 heterocycles. The Bertz CT molecular complexity index is 200. The van der Waals surface area contributed by atoms with Gasteiger partial charge in [0.05, 0.1) is 5.71 Å². The van der Waals surface area contributed by atoms with Gasteiger partial charge in [-0.1, -0.05) is 37.6 Å². The van der Waals surface area contributed by atoms with E-state index in [1.54, 1.807) is 27.7 Å². The number of Topliss-reactive ketones (excluding diaryl/α,β-unsaturated/α-hetero) is 1. The Balaban J connectivity index is -0.0000000473. The summed E-state index contributed by atoms with van der Waals surface area (Å²) in [6.45, 7) is 18.0. The fourth-order valence-electron chi connectivity index (χ4n) is 0. The third-order valence-electron chi connectivity index (χ3n) is 0.200. The Morgan fingerprint density at radius 3 is 1.10 bits per heavy atom. The second kappa shape index (κ2) is 30.9. The van der Waals surface area contributed by atoms with E-state index in [4.69, 9.17) is 10.3 Å². The zero-order chi connectivity index (χ0) is 17.7. The fraction of sp³-hybridized carbons (Fsp3) is 0.800. The highest BCUT2D eigenvalue weighted by atomic mass is 32.1. The molecule has 0 aromatic carbocycles. The monoisotopic (exact) mass is 309 g/mol. The molecule has 0 unspecified atom stereocenters. The lowest BCUT2D eigenvalue weighted by molar-refractivity contribution is -0.114. The minimum absolute atomic E-state index is 0.167. The van der Waals surface area contributed by atoms with Crippen molar-refractivity contribution in [3.8, 4) is 0 Å². The number of carbonyl (C=O) groups is 1. The summed E-state index contributed by atoms with van der Waals surface area (Å²) in [7, 11) is 0. The van der Waals surface area contributed by atoms with Gasteiger partial charge in [0.15, 0.2) is 0 Å². The van der Waals surface area contributed by atoms with Gasteiger partial charge in [0.25, 0.3) is 0 Å². The van der Waals surface area contributed by atoms with Crippen LogP contribution in [0.4, 0.5) is 0 Å². The van der Waals surface area contributed by atoms with E-state index in [1.165, 1.54) is 20.3 Å². The van der Waals surface area contributed by atoms with Gasteiger partial charge in [-0.3, -0.25) is 0 Å². The van der Waals surface area contributed by atoms with Crippen molar-refractivity contribution in [2.75, 3.05) is 0 Å². The highest BCUT2D eigenvalue weighted by Crippen LogP contribution is 1.65. The molecule has 0 saturated carbocycles. The van der Waals surface area contributed by atoms with E-state index in [0.717, 1.165) is 4.86 Å². The van der Waals surface area contributed by atoms with Crippen LogP contribution >= 0.6 is 12.2 Å². The second-order valence-electron chi connectivity index (χ2n) is 4.66. The van der Waals surface area contributed by atoms with Crippen LogP contribution in [-0.4, -0.2) is 32.8 Å². The van der Waals surface area contributed by atoms with Gasteiger partial charge < -0.3 is 15.1 Å². The van der Waals surface area contributed by atoms with Crippen LogP contribution in [0.25, 0.3) is 0 Å². The van der Waals surface area contributed by atoms with Gasteiger partial charge in [0.1, 0.15) is 5.78 Å². The summed E-state index contributed by atoms with van der Waals surface area (Å²) in [5.41, 5.74) is 0.685. The van der Waals surface area contributed by atoms with E-state index in [0.29, 0.717) is 5.71 Å². The van der Waals surface area contributed by atoms with Gasteiger partial charge >= 0.3 is 0 Å². The molecule has 0 aliphatic heterocycles. The summed E-state index contributed by atoms with van der Waals surface area (Å²) >= 11 is 4.54. The molecule has 0 atom stereocenters. The summed E-state index contributed by atoms with van der Waals surface area (Å²) in [4.78, 5) is 10.4. The molecule has 0 aromatic heterocycles. The maximum atomic E-state index is 9.44. The lowest BCUT2D eigenvalue weighted by atomic mass is 10.5. The van der Waals surface area contributed by atoms with Crippen molar-refractivity contribution in [1.29, 1.82) is 0 Å². The summed E-state index contributed by atoms with van der Waals surface area (Å²) in [5.74, 6) is 0.167. The van der Waals surface area contributed by atoms with Crippen LogP contribution < -0.4 is 0 Å². The molecule has 0 aliphatic carbocycles. The second-order valence-corrected chi connectivity index (χ2v) is 5.48. The Morgan fingerprint density at radius 1 is 1.05 bits per heavy atom. The summed E-state index contributed by atoms with van der Waals surface area (Å²) in [6.07, 6.45) is 1.08. The first kappa shape index (κ1) is 31.5. The van der Waals surface area contributed by atoms with E-state index in [2.05, 4.69) is 31.2 Å². The highest BCUT2D eigenvalue weighted by molar-refractivity contribution is 7.80. The molecule has 0 rings (SSSR count). The molecule has 20 heavy (non-hydrogen) atoms. The van der Waals surface area contributed by atoms with Crippen molar-refractivity contribution in [3.63, 3.8) is 0 Å². The van der Waals surface area contributed by atoms with Crippen molar-refractivity contribution < 1.29 is 15.1 Å². The Kier molecular flexibility index (Phi) is 48.7. The predicted molar refractivity (Wildman–Crippen MR) is 94.2 cm³/mol. The maximum absolute atomic E-state index is 9.44. The predicted octanol–water partition coefficient (Wildman–Crippen LogP) is 4.65. The number of thiocarbonyl (C=S) groups is 1. The Hall–Kier alpha value is -0.810. The number of oxime groups is 1. The molecule has 4 nitrogen and oxygen atoms in total. The molecular weight excluding hydrogens is 274 g/mol. The average molecular weight is 310 g/mol. The van der Waals surface area contributed by atoms with Gasteiger partial charge in [-0.15, -0.1) is 0 Å². The standard InChI is InChI=1S/C3H7NO.C3H8O.C3H6O.C3H6S.C3H8/c1-3(2)4-5;3*1-3(2)4;1-3-2/h5H,1-2H3;3-4H,1-2H3;2*1-2H3;3H2,1-2H3. The third kappa shape index (κ3) is 3180. The fourth-order valence-corrected chi connectivity index (χ4v) is 0. The van der Waals surface area contributed by atoms with Gasteiger partial charge in [0.2, 0.25) is 0 Å². The molecule has 0 fully saturated rings. The number of nitrogens with zero attached hydrogens (tertiary/aromatic N) is 1. The van der Waals surface area contributed by atoms with E-state index in [-0.39, 0.29) is 11.9 Å². The van der Waals surface area contributed by atoms with Gasteiger partial charge in [-0.25, -0.2) is 0 Å². The summed E-state index contributed by atoms with van der Waals surface area (Å²) < 4.78 is 0. The zero-order valence-corrected chi connectivity index (χ0v) is 15.8. The molecule has 124 valence electrons. The van der Waals surface area contributed by atoms with Crippen molar-refractivity contribution in [2.24, 2.45) is 5.16 Å². The molecule has 0 aliphatic rings. The van der Waals surface area contributed by atoms with Crippen LogP contribution in [0.2, 0.25) is 0 Å². The van der Waals surface area contributed by atoms with Crippen LogP contribution in [0.1, 0.15) is 75.7 Å². The van der Waals surface area contributed by atoms with Crippen LogP contribution in [0.15, 0.2) is 5.16 Å². The summed E-state index contributed by atoms with van der Waals surface area (Å²) in [5, 5.41) is 18.6. The number of aliphatic hydroxyl groups excluding tert-OH is 1. The molecule has 5 heteroatoms. The minimum Gasteiger partial charge on any atom is -0.411 e. The first-order valence-corrected chi connectivity index (χ1v) is 7.07. The van der Waals surface area contributed by atoms with E-state index < -0.39 is 0 Å². The molecule has 2 N–H and O–H groups in total. The molecule has 0 spiro atoms. The molecule has 0 saturated heterocycles. The molecule has 0 bridgehead atoms. The third-order valence-corrected chi connectivity index (χ3v) is 0.200.